The van der Waals surface area contributed by atoms with Crippen molar-refractivity contribution in [1.29, 1.82) is 5.26 Å². The summed E-state index contributed by atoms with van der Waals surface area (Å²) in [6.07, 6.45) is 2.48. The Labute approximate surface area is 122 Å². The predicted molar refractivity (Wildman–Crippen MR) is 75.9 cm³/mol. The van der Waals surface area contributed by atoms with Gasteiger partial charge in [0.05, 0.1) is 24.1 Å². The highest BCUT2D eigenvalue weighted by molar-refractivity contribution is 7.89. The van der Waals surface area contributed by atoms with Crippen LogP contribution < -0.4 is 0 Å². The molecule has 0 aliphatic carbocycles. The van der Waals surface area contributed by atoms with Gasteiger partial charge < -0.3 is 4.74 Å². The molecule has 0 bridgehead atoms. The van der Waals surface area contributed by atoms with Crippen molar-refractivity contribution in [2.45, 2.75) is 11.0 Å². The van der Waals surface area contributed by atoms with Gasteiger partial charge >= 0.3 is 0 Å². The Kier molecular flexibility index (Phi) is 3.59. The van der Waals surface area contributed by atoms with Gasteiger partial charge in [0.25, 0.3) is 0 Å². The first-order valence-corrected chi connectivity index (χ1v) is 7.91. The number of pyridine rings is 1. The van der Waals surface area contributed by atoms with Crippen molar-refractivity contribution in [1.82, 2.24) is 9.29 Å². The number of benzene rings is 1. The summed E-state index contributed by atoms with van der Waals surface area (Å²) in [6.45, 7) is 0.534. The van der Waals surface area contributed by atoms with Gasteiger partial charge in [-0.3, -0.25) is 4.98 Å². The number of aromatic nitrogens is 1. The van der Waals surface area contributed by atoms with E-state index in [1.165, 1.54) is 4.31 Å². The number of morpholine rings is 1. The van der Waals surface area contributed by atoms with E-state index >= 15 is 0 Å². The molecule has 1 unspecified atom stereocenters. The number of hydrogen-bond acceptors (Lipinski definition) is 5. The summed E-state index contributed by atoms with van der Waals surface area (Å²) >= 11 is 0. The Hall–Kier alpha value is -2.01. The monoisotopic (exact) mass is 303 g/mol. The average Bonchev–Trinajstić information content (AvgIpc) is 2.54. The topological polar surface area (TPSA) is 83.3 Å². The van der Waals surface area contributed by atoms with Crippen LogP contribution in [0.4, 0.5) is 0 Å². The molecule has 0 N–H and O–H groups in total. The summed E-state index contributed by atoms with van der Waals surface area (Å²) in [7, 11) is -3.66. The van der Waals surface area contributed by atoms with Gasteiger partial charge in [-0.2, -0.15) is 9.57 Å². The van der Waals surface area contributed by atoms with Gasteiger partial charge in [0.15, 0.2) is 6.10 Å². The summed E-state index contributed by atoms with van der Waals surface area (Å²) in [5, 5.41) is 10.3. The maximum Gasteiger partial charge on any atom is 0.243 e. The molecule has 1 atom stereocenters. The van der Waals surface area contributed by atoms with E-state index in [1.807, 2.05) is 12.1 Å². The quantitative estimate of drug-likeness (QED) is 0.831. The van der Waals surface area contributed by atoms with Crippen LogP contribution in [0, 0.1) is 11.3 Å². The molecule has 0 amide bonds. The fraction of sp³-hybridized carbons (Fsp3) is 0.286. The number of nitriles is 1. The molecule has 7 heteroatoms. The fourth-order valence-corrected chi connectivity index (χ4v) is 4.02. The van der Waals surface area contributed by atoms with E-state index in [0.717, 1.165) is 5.39 Å². The van der Waals surface area contributed by atoms with Crippen LogP contribution in [0.1, 0.15) is 0 Å². The second-order valence-corrected chi connectivity index (χ2v) is 6.61. The molecule has 1 aliphatic heterocycles. The lowest BCUT2D eigenvalue weighted by Gasteiger charge is -2.29. The lowest BCUT2D eigenvalue weighted by molar-refractivity contribution is 0.0311. The predicted octanol–water partition coefficient (Wildman–Crippen LogP) is 1.15. The maximum atomic E-state index is 12.8. The summed E-state index contributed by atoms with van der Waals surface area (Å²) in [4.78, 5) is 4.24. The molecule has 0 spiro atoms. The Morgan fingerprint density at radius 2 is 2.24 bits per heavy atom. The minimum absolute atomic E-state index is 0.0559. The molecule has 1 aliphatic rings. The molecular weight excluding hydrogens is 290 g/mol. The molecule has 1 saturated heterocycles. The molecule has 1 aromatic carbocycles. The van der Waals surface area contributed by atoms with E-state index < -0.39 is 16.1 Å². The van der Waals surface area contributed by atoms with Crippen molar-refractivity contribution in [3.63, 3.8) is 0 Å². The van der Waals surface area contributed by atoms with Crippen molar-refractivity contribution in [3.05, 3.63) is 36.7 Å². The molecule has 6 nitrogen and oxygen atoms in total. The smallest absolute Gasteiger partial charge is 0.243 e. The van der Waals surface area contributed by atoms with E-state index in [2.05, 4.69) is 4.98 Å². The van der Waals surface area contributed by atoms with Gasteiger partial charge in [0.1, 0.15) is 0 Å². The highest BCUT2D eigenvalue weighted by atomic mass is 32.2. The minimum Gasteiger partial charge on any atom is -0.361 e. The Morgan fingerprint density at radius 1 is 1.38 bits per heavy atom. The number of nitrogens with zero attached hydrogens (tertiary/aromatic N) is 3. The normalized spacial score (nSPS) is 20.2. The summed E-state index contributed by atoms with van der Waals surface area (Å²) < 4.78 is 32.1. The van der Waals surface area contributed by atoms with E-state index in [0.29, 0.717) is 5.39 Å². The Bertz CT molecular complexity index is 808. The lowest BCUT2D eigenvalue weighted by atomic mass is 10.2. The number of hydrogen-bond donors (Lipinski definition) is 0. The van der Waals surface area contributed by atoms with E-state index in [4.69, 9.17) is 10.00 Å². The molecule has 0 radical (unpaired) electrons. The van der Waals surface area contributed by atoms with Crippen LogP contribution in [0.3, 0.4) is 0 Å². The first kappa shape index (κ1) is 13.9. The summed E-state index contributed by atoms with van der Waals surface area (Å²) in [6, 6.07) is 8.73. The SMILES string of the molecule is N#CC1CN(S(=O)(=O)c2cccc3cnccc23)CCO1. The third-order valence-corrected chi connectivity index (χ3v) is 5.36. The minimum atomic E-state index is -3.66. The maximum absolute atomic E-state index is 12.8. The van der Waals surface area contributed by atoms with Crippen LogP contribution in [-0.4, -0.2) is 43.5 Å². The molecule has 0 saturated carbocycles. The summed E-state index contributed by atoms with van der Waals surface area (Å²) in [5.41, 5.74) is 0. The first-order chi connectivity index (χ1) is 10.1. The lowest BCUT2D eigenvalue weighted by Crippen LogP contribution is -2.45. The molecule has 1 fully saturated rings. The van der Waals surface area contributed by atoms with Crippen molar-refractivity contribution in [2.24, 2.45) is 0 Å². The molecule has 2 heterocycles. The molecular formula is C14H13N3O3S. The standard InChI is InChI=1S/C14H13N3O3S/c15-8-12-10-17(6-7-20-12)21(18,19)14-3-1-2-11-9-16-5-4-13(11)14/h1-5,9,12H,6-7,10H2. The van der Waals surface area contributed by atoms with Crippen LogP contribution in [-0.2, 0) is 14.8 Å². The zero-order valence-electron chi connectivity index (χ0n) is 11.1. The largest absolute Gasteiger partial charge is 0.361 e. The molecule has 3 rings (SSSR count). The van der Waals surface area contributed by atoms with Gasteiger partial charge in [-0.05, 0) is 12.1 Å². The fourth-order valence-electron chi connectivity index (χ4n) is 2.38. The molecule has 108 valence electrons. The van der Waals surface area contributed by atoms with Gasteiger partial charge in [0.2, 0.25) is 10.0 Å². The zero-order chi connectivity index (χ0) is 14.9. The van der Waals surface area contributed by atoms with Crippen molar-refractivity contribution < 1.29 is 13.2 Å². The van der Waals surface area contributed by atoms with E-state index in [9.17, 15) is 8.42 Å². The van der Waals surface area contributed by atoms with Gasteiger partial charge in [0, 0.05) is 29.7 Å². The average molecular weight is 303 g/mol. The molecule has 21 heavy (non-hydrogen) atoms. The molecule has 1 aromatic heterocycles. The summed E-state index contributed by atoms with van der Waals surface area (Å²) in [5.74, 6) is 0. The van der Waals surface area contributed by atoms with Crippen LogP contribution in [0.5, 0.6) is 0 Å². The zero-order valence-corrected chi connectivity index (χ0v) is 12.0. The van der Waals surface area contributed by atoms with Gasteiger partial charge in [-0.1, -0.05) is 12.1 Å². The van der Waals surface area contributed by atoms with Crippen molar-refractivity contribution >= 4 is 20.8 Å². The van der Waals surface area contributed by atoms with Crippen LogP contribution >= 0.6 is 0 Å². The van der Waals surface area contributed by atoms with Gasteiger partial charge in [-0.15, -0.1) is 0 Å². The number of ether oxygens (including phenoxy) is 1. The second kappa shape index (κ2) is 5.41. The number of fused-ring (bicyclic) bond motifs is 1. The Morgan fingerprint density at radius 3 is 3.05 bits per heavy atom. The molecule has 2 aromatic rings. The number of sulfonamides is 1. The first-order valence-electron chi connectivity index (χ1n) is 6.47. The van der Waals surface area contributed by atoms with E-state index in [1.54, 1.807) is 30.6 Å². The van der Waals surface area contributed by atoms with Gasteiger partial charge in [-0.25, -0.2) is 8.42 Å². The van der Waals surface area contributed by atoms with E-state index in [-0.39, 0.29) is 24.6 Å². The van der Waals surface area contributed by atoms with Crippen molar-refractivity contribution in [3.8, 4) is 6.07 Å². The Balaban J connectivity index is 2.07. The van der Waals surface area contributed by atoms with Crippen LogP contribution in [0.15, 0.2) is 41.6 Å². The van der Waals surface area contributed by atoms with Crippen LogP contribution in [0.2, 0.25) is 0 Å². The highest BCUT2D eigenvalue weighted by Gasteiger charge is 2.31. The van der Waals surface area contributed by atoms with Crippen molar-refractivity contribution in [2.75, 3.05) is 19.7 Å². The second-order valence-electron chi connectivity index (χ2n) is 4.70. The number of rotatable bonds is 2. The third-order valence-electron chi connectivity index (χ3n) is 3.43. The van der Waals surface area contributed by atoms with Crippen LogP contribution in [0.25, 0.3) is 10.8 Å². The third kappa shape index (κ3) is 2.49. The highest BCUT2D eigenvalue weighted by Crippen LogP contribution is 2.26.